The molecule has 1 heterocycles. The molecule has 7 nitrogen and oxygen atoms in total. The van der Waals surface area contributed by atoms with E-state index in [1.54, 1.807) is 19.1 Å². The number of hydrogen-bond acceptors (Lipinski definition) is 5. The molecule has 1 fully saturated rings. The van der Waals surface area contributed by atoms with Crippen molar-refractivity contribution in [3.8, 4) is 5.75 Å². The number of carbonyl (C=O) groups excluding carboxylic acids is 2. The van der Waals surface area contributed by atoms with Gasteiger partial charge in [-0.15, -0.1) is 0 Å². The molecular formula is C22H35N3O4. The standard InChI is InChI=1S/C22H35N3O4/c1-6-10-22(29)16(4)25(5)12-11-21(22,14-19(27)24-20(28)23-7-2)18-13-17(26)9-8-15(18)3/h8-9,13,16,26,29H,6-7,10-12,14H2,1-5H3,(H2,23,24,27,28)/t16?,21?,22-/m1/s1. The topological polar surface area (TPSA) is 102 Å². The van der Waals surface area contributed by atoms with Crippen molar-refractivity contribution in [2.24, 2.45) is 0 Å². The number of urea groups is 1. The molecule has 3 atom stereocenters. The number of benzene rings is 1. The molecule has 7 heteroatoms. The maximum absolute atomic E-state index is 12.9. The fourth-order valence-electron chi connectivity index (χ4n) is 4.85. The Morgan fingerprint density at radius 1 is 1.31 bits per heavy atom. The molecule has 1 aliphatic rings. The van der Waals surface area contributed by atoms with Crippen molar-refractivity contribution in [1.82, 2.24) is 15.5 Å². The van der Waals surface area contributed by atoms with Crippen molar-refractivity contribution in [2.45, 2.75) is 70.4 Å². The zero-order valence-electron chi connectivity index (χ0n) is 18.2. The number of piperidine rings is 1. The Labute approximate surface area is 173 Å². The number of likely N-dealkylation sites (N-methyl/N-ethyl adjacent to an activating group) is 1. The van der Waals surface area contributed by atoms with Gasteiger partial charge in [-0.2, -0.15) is 0 Å². The number of likely N-dealkylation sites (tertiary alicyclic amines) is 1. The third-order valence-electron chi connectivity index (χ3n) is 6.49. The minimum atomic E-state index is -1.20. The average molecular weight is 406 g/mol. The first-order chi connectivity index (χ1) is 13.6. The number of amides is 3. The van der Waals surface area contributed by atoms with E-state index in [0.717, 1.165) is 17.5 Å². The number of imide groups is 1. The van der Waals surface area contributed by atoms with Crippen LogP contribution >= 0.6 is 0 Å². The van der Waals surface area contributed by atoms with Crippen LogP contribution in [0.1, 0.15) is 57.6 Å². The molecule has 1 aromatic rings. The zero-order valence-corrected chi connectivity index (χ0v) is 18.2. The number of nitrogens with one attached hydrogen (secondary N) is 2. The lowest BCUT2D eigenvalue weighted by Crippen LogP contribution is -2.68. The van der Waals surface area contributed by atoms with Crippen LogP contribution in [0, 0.1) is 6.92 Å². The van der Waals surface area contributed by atoms with Gasteiger partial charge in [0.05, 0.1) is 5.60 Å². The molecule has 0 aliphatic carbocycles. The number of carbonyl (C=O) groups is 2. The maximum Gasteiger partial charge on any atom is 0.321 e. The van der Waals surface area contributed by atoms with Crippen molar-refractivity contribution < 1.29 is 19.8 Å². The molecule has 0 aromatic heterocycles. The number of nitrogens with zero attached hydrogens (tertiary/aromatic N) is 1. The fraction of sp³-hybridized carbons (Fsp3) is 0.636. The maximum atomic E-state index is 12.9. The Balaban J connectivity index is 2.60. The smallest absolute Gasteiger partial charge is 0.321 e. The Bertz CT molecular complexity index is 754. The SMILES string of the molecule is CCC[C@@]1(O)C(C)N(C)CCC1(CC(=O)NC(=O)NCC)c1cc(O)ccc1C. The van der Waals surface area contributed by atoms with Gasteiger partial charge in [0, 0.05) is 24.4 Å². The van der Waals surface area contributed by atoms with Crippen LogP contribution in [-0.2, 0) is 10.2 Å². The fourth-order valence-corrected chi connectivity index (χ4v) is 4.85. The second-order valence-corrected chi connectivity index (χ2v) is 8.25. The molecule has 1 aromatic carbocycles. The number of aryl methyl sites for hydroxylation is 1. The van der Waals surface area contributed by atoms with Gasteiger partial charge in [-0.3, -0.25) is 10.1 Å². The van der Waals surface area contributed by atoms with Crippen LogP contribution < -0.4 is 10.6 Å². The first kappa shape index (κ1) is 23.2. The summed E-state index contributed by atoms with van der Waals surface area (Å²) in [5.41, 5.74) is -0.459. The summed E-state index contributed by atoms with van der Waals surface area (Å²) in [5.74, 6) is -0.343. The molecule has 1 aliphatic heterocycles. The molecule has 2 rings (SSSR count). The van der Waals surface area contributed by atoms with Crippen molar-refractivity contribution >= 4 is 11.9 Å². The normalized spacial score (nSPS) is 27.4. The van der Waals surface area contributed by atoms with Crippen molar-refractivity contribution in [1.29, 1.82) is 0 Å². The second kappa shape index (κ2) is 9.13. The van der Waals surface area contributed by atoms with Crippen molar-refractivity contribution in [3.05, 3.63) is 29.3 Å². The Morgan fingerprint density at radius 3 is 2.62 bits per heavy atom. The quantitative estimate of drug-likeness (QED) is 0.582. The Hall–Kier alpha value is -2.12. The van der Waals surface area contributed by atoms with E-state index in [2.05, 4.69) is 15.5 Å². The minimum absolute atomic E-state index is 0.0386. The van der Waals surface area contributed by atoms with Gasteiger partial charge in [-0.25, -0.2) is 4.79 Å². The van der Waals surface area contributed by atoms with Crippen LogP contribution in [0.3, 0.4) is 0 Å². The highest BCUT2D eigenvalue weighted by Gasteiger charge is 2.58. The molecular weight excluding hydrogens is 370 g/mol. The predicted octanol–water partition coefficient (Wildman–Crippen LogP) is 2.43. The monoisotopic (exact) mass is 405 g/mol. The van der Waals surface area contributed by atoms with Crippen LogP contribution in [0.4, 0.5) is 4.79 Å². The summed E-state index contributed by atoms with van der Waals surface area (Å²) in [6, 6.07) is 4.34. The average Bonchev–Trinajstić information content (AvgIpc) is 2.65. The van der Waals surface area contributed by atoms with E-state index in [1.807, 2.05) is 33.9 Å². The number of aliphatic hydroxyl groups is 1. The lowest BCUT2D eigenvalue weighted by molar-refractivity contribution is -0.147. The summed E-state index contributed by atoms with van der Waals surface area (Å²) in [6.45, 7) is 8.79. The van der Waals surface area contributed by atoms with Gasteiger partial charge >= 0.3 is 6.03 Å². The molecule has 4 N–H and O–H groups in total. The van der Waals surface area contributed by atoms with E-state index in [1.165, 1.54) is 0 Å². The summed E-state index contributed by atoms with van der Waals surface area (Å²) in [4.78, 5) is 26.9. The Morgan fingerprint density at radius 2 is 2.00 bits per heavy atom. The first-order valence-electron chi connectivity index (χ1n) is 10.4. The molecule has 0 saturated carbocycles. The van der Waals surface area contributed by atoms with Gasteiger partial charge < -0.3 is 20.4 Å². The molecule has 0 radical (unpaired) electrons. The molecule has 1 saturated heterocycles. The molecule has 29 heavy (non-hydrogen) atoms. The number of phenols is 1. The van der Waals surface area contributed by atoms with Crippen LogP contribution in [0.5, 0.6) is 5.75 Å². The number of aromatic hydroxyl groups is 1. The van der Waals surface area contributed by atoms with E-state index in [9.17, 15) is 19.8 Å². The first-order valence-corrected chi connectivity index (χ1v) is 10.4. The third-order valence-corrected chi connectivity index (χ3v) is 6.49. The summed E-state index contributed by atoms with van der Waals surface area (Å²) in [5, 5.41) is 27.2. The summed E-state index contributed by atoms with van der Waals surface area (Å²) >= 11 is 0. The van der Waals surface area contributed by atoms with E-state index in [4.69, 9.17) is 0 Å². The van der Waals surface area contributed by atoms with Crippen LogP contribution in [0.2, 0.25) is 0 Å². The van der Waals surface area contributed by atoms with Crippen LogP contribution in [-0.4, -0.2) is 58.8 Å². The van der Waals surface area contributed by atoms with Crippen molar-refractivity contribution in [3.63, 3.8) is 0 Å². The van der Waals surface area contributed by atoms with Gasteiger partial charge in [0.2, 0.25) is 5.91 Å². The third kappa shape index (κ3) is 4.41. The summed E-state index contributed by atoms with van der Waals surface area (Å²) in [6.07, 6.45) is 1.74. The highest BCUT2D eigenvalue weighted by molar-refractivity contribution is 5.95. The number of hydrogen-bond donors (Lipinski definition) is 4. The van der Waals surface area contributed by atoms with Crippen molar-refractivity contribution in [2.75, 3.05) is 20.1 Å². The lowest BCUT2D eigenvalue weighted by atomic mass is 9.56. The van der Waals surface area contributed by atoms with E-state index in [-0.39, 0.29) is 18.2 Å². The van der Waals surface area contributed by atoms with Gasteiger partial charge in [-0.05, 0) is 70.5 Å². The number of rotatable bonds is 6. The summed E-state index contributed by atoms with van der Waals surface area (Å²) < 4.78 is 0. The highest BCUT2D eigenvalue weighted by atomic mass is 16.3. The van der Waals surface area contributed by atoms with E-state index in [0.29, 0.717) is 25.9 Å². The Kier molecular flexibility index (Phi) is 7.30. The van der Waals surface area contributed by atoms with Gasteiger partial charge in [-0.1, -0.05) is 19.4 Å². The van der Waals surface area contributed by atoms with Gasteiger partial charge in [0.15, 0.2) is 0 Å². The van der Waals surface area contributed by atoms with E-state index >= 15 is 0 Å². The molecule has 0 bridgehead atoms. The highest BCUT2D eigenvalue weighted by Crippen LogP contribution is 2.51. The minimum Gasteiger partial charge on any atom is -0.508 e. The molecule has 162 valence electrons. The van der Waals surface area contributed by atoms with Gasteiger partial charge in [0.1, 0.15) is 5.75 Å². The van der Waals surface area contributed by atoms with Gasteiger partial charge in [0.25, 0.3) is 0 Å². The lowest BCUT2D eigenvalue weighted by Gasteiger charge is -2.57. The second-order valence-electron chi connectivity index (χ2n) is 8.25. The molecule has 0 spiro atoms. The molecule has 2 unspecified atom stereocenters. The summed E-state index contributed by atoms with van der Waals surface area (Å²) in [7, 11) is 1.97. The molecule has 3 amide bonds. The van der Waals surface area contributed by atoms with Crippen LogP contribution in [0.25, 0.3) is 0 Å². The zero-order chi connectivity index (χ0) is 21.8. The number of phenolic OH excluding ortho intramolecular Hbond substituents is 1. The van der Waals surface area contributed by atoms with Crippen LogP contribution in [0.15, 0.2) is 18.2 Å². The predicted molar refractivity (Wildman–Crippen MR) is 113 cm³/mol. The van der Waals surface area contributed by atoms with E-state index < -0.39 is 23.0 Å². The largest absolute Gasteiger partial charge is 0.508 e.